The highest BCUT2D eigenvalue weighted by atomic mass is 15.4. The van der Waals surface area contributed by atoms with Gasteiger partial charge in [-0.25, -0.2) is 0 Å². The molecule has 136 valence electrons. The Kier molecular flexibility index (Phi) is 3.94. The first-order valence-corrected chi connectivity index (χ1v) is 8.39. The Hall–Kier alpha value is -3.02. The normalized spacial score (nSPS) is 13.0. The van der Waals surface area contributed by atoms with Gasteiger partial charge in [0.05, 0.1) is 11.4 Å². The summed E-state index contributed by atoms with van der Waals surface area (Å²) in [5.41, 5.74) is 2.66. The van der Waals surface area contributed by atoms with Crippen molar-refractivity contribution in [2.45, 2.75) is 59.3 Å². The summed E-state index contributed by atoms with van der Waals surface area (Å²) >= 11 is 0. The molecule has 0 amide bonds. The van der Waals surface area contributed by atoms with Crippen LogP contribution in [0.25, 0.3) is 5.65 Å². The highest BCUT2D eigenvalue weighted by Crippen LogP contribution is 2.36. The van der Waals surface area contributed by atoms with Crippen LogP contribution in [-0.4, -0.2) is 30.0 Å². The maximum absolute atomic E-state index is 9.52. The second kappa shape index (κ2) is 5.76. The van der Waals surface area contributed by atoms with Gasteiger partial charge in [-0.1, -0.05) is 41.5 Å². The number of hydrogen-bond donors (Lipinski definition) is 2. The van der Waals surface area contributed by atoms with Crippen molar-refractivity contribution in [3.05, 3.63) is 22.8 Å². The van der Waals surface area contributed by atoms with Crippen molar-refractivity contribution < 1.29 is 0 Å². The summed E-state index contributed by atoms with van der Waals surface area (Å²) in [6.07, 6.45) is 0. The molecule has 0 saturated heterocycles. The molecule has 0 aliphatic rings. The third-order valence-electron chi connectivity index (χ3n) is 4.02. The molecule has 9 nitrogen and oxygen atoms in total. The summed E-state index contributed by atoms with van der Waals surface area (Å²) in [5.74, 6) is 1.08. The van der Waals surface area contributed by atoms with Gasteiger partial charge in [0, 0.05) is 10.8 Å². The van der Waals surface area contributed by atoms with Crippen LogP contribution < -0.4 is 0 Å². The maximum Gasteiger partial charge on any atom is 0.188 e. The number of nitriles is 1. The highest BCUT2D eigenvalue weighted by Gasteiger charge is 2.27. The molecule has 0 spiro atoms. The third-order valence-corrected chi connectivity index (χ3v) is 4.02. The standard InChI is InChI=1S/C17H23N9/c1-9-19-24-15-11(13(17(5,6)7)25-26(9)15)20-22-14-10(8-18)12(21-23-14)16(2,3)4/h24H,1-7H3,(H,21,23). The predicted octanol–water partition coefficient (Wildman–Crippen LogP) is 3.97. The fraction of sp³-hybridized carbons (Fsp3) is 0.529. The number of aromatic amines is 2. The van der Waals surface area contributed by atoms with Crippen LogP contribution in [0.1, 0.15) is 64.3 Å². The van der Waals surface area contributed by atoms with Crippen molar-refractivity contribution in [2.75, 3.05) is 0 Å². The fourth-order valence-corrected chi connectivity index (χ4v) is 2.68. The second-order valence-corrected chi connectivity index (χ2v) is 8.34. The number of nitrogens with zero attached hydrogens (tertiary/aromatic N) is 7. The topological polar surface area (TPSA) is 123 Å². The highest BCUT2D eigenvalue weighted by molar-refractivity contribution is 5.68. The molecule has 9 heteroatoms. The fourth-order valence-electron chi connectivity index (χ4n) is 2.68. The number of rotatable bonds is 2. The molecule has 0 aliphatic carbocycles. The first-order valence-electron chi connectivity index (χ1n) is 8.39. The zero-order chi connectivity index (χ0) is 19.3. The largest absolute Gasteiger partial charge is 0.258 e. The van der Waals surface area contributed by atoms with Crippen LogP contribution in [0.5, 0.6) is 0 Å². The molecule has 3 aromatic heterocycles. The average Bonchev–Trinajstić information content (AvgIpc) is 3.18. The maximum atomic E-state index is 9.52. The van der Waals surface area contributed by atoms with Crippen molar-refractivity contribution in [3.63, 3.8) is 0 Å². The summed E-state index contributed by atoms with van der Waals surface area (Å²) in [6, 6.07) is 2.18. The Morgan fingerprint density at radius 3 is 2.19 bits per heavy atom. The van der Waals surface area contributed by atoms with Gasteiger partial charge in [0.1, 0.15) is 17.5 Å². The van der Waals surface area contributed by atoms with Gasteiger partial charge in [-0.15, -0.1) is 10.2 Å². The lowest BCUT2D eigenvalue weighted by Crippen LogP contribution is -2.13. The van der Waals surface area contributed by atoms with Crippen molar-refractivity contribution in [1.82, 2.24) is 30.0 Å². The van der Waals surface area contributed by atoms with E-state index in [4.69, 9.17) is 0 Å². The minimum absolute atomic E-state index is 0.226. The number of azo groups is 1. The van der Waals surface area contributed by atoms with Gasteiger partial charge < -0.3 is 0 Å². The number of H-pyrrole nitrogens is 2. The minimum Gasteiger partial charge on any atom is -0.258 e. The van der Waals surface area contributed by atoms with E-state index in [1.165, 1.54) is 0 Å². The van der Waals surface area contributed by atoms with Gasteiger partial charge in [-0.05, 0) is 6.92 Å². The van der Waals surface area contributed by atoms with Crippen LogP contribution in [0, 0.1) is 18.3 Å². The first-order chi connectivity index (χ1) is 12.0. The molecule has 0 bridgehead atoms. The van der Waals surface area contributed by atoms with E-state index in [9.17, 15) is 5.26 Å². The predicted molar refractivity (Wildman–Crippen MR) is 97.0 cm³/mol. The van der Waals surface area contributed by atoms with Crippen LogP contribution in [0.3, 0.4) is 0 Å². The lowest BCUT2D eigenvalue weighted by atomic mass is 9.90. The first kappa shape index (κ1) is 17.8. The van der Waals surface area contributed by atoms with E-state index < -0.39 is 0 Å². The van der Waals surface area contributed by atoms with Crippen LogP contribution in [-0.2, 0) is 10.8 Å². The summed E-state index contributed by atoms with van der Waals surface area (Å²) in [4.78, 5) is 0. The Morgan fingerprint density at radius 2 is 1.62 bits per heavy atom. The summed E-state index contributed by atoms with van der Waals surface area (Å²) in [7, 11) is 0. The molecular formula is C17H23N9. The molecule has 3 heterocycles. The van der Waals surface area contributed by atoms with E-state index in [0.717, 1.165) is 11.5 Å². The molecular weight excluding hydrogens is 330 g/mol. The molecule has 0 fully saturated rings. The van der Waals surface area contributed by atoms with Gasteiger partial charge in [-0.3, -0.25) is 10.2 Å². The van der Waals surface area contributed by atoms with Crippen molar-refractivity contribution in [1.29, 1.82) is 5.26 Å². The van der Waals surface area contributed by atoms with E-state index in [2.05, 4.69) is 62.6 Å². The van der Waals surface area contributed by atoms with Crippen molar-refractivity contribution in [3.8, 4) is 6.07 Å². The molecule has 0 aliphatic heterocycles. The van der Waals surface area contributed by atoms with Gasteiger partial charge in [0.2, 0.25) is 0 Å². The average molecular weight is 353 g/mol. The van der Waals surface area contributed by atoms with Crippen LogP contribution in [0.15, 0.2) is 10.2 Å². The van der Waals surface area contributed by atoms with E-state index in [1.54, 1.807) is 4.52 Å². The lowest BCUT2D eigenvalue weighted by molar-refractivity contribution is 0.561. The Bertz CT molecular complexity index is 1030. The Labute approximate surface area is 151 Å². The molecule has 26 heavy (non-hydrogen) atoms. The second-order valence-electron chi connectivity index (χ2n) is 8.34. The van der Waals surface area contributed by atoms with Crippen molar-refractivity contribution in [2.24, 2.45) is 10.2 Å². The van der Waals surface area contributed by atoms with Crippen LogP contribution >= 0.6 is 0 Å². The van der Waals surface area contributed by atoms with E-state index >= 15 is 0 Å². The third kappa shape index (κ3) is 2.87. The summed E-state index contributed by atoms with van der Waals surface area (Å²) in [5, 5.41) is 37.0. The Balaban J connectivity index is 2.13. The summed E-state index contributed by atoms with van der Waals surface area (Å²) < 4.78 is 1.72. The molecule has 0 radical (unpaired) electrons. The van der Waals surface area contributed by atoms with E-state index in [1.807, 2.05) is 27.7 Å². The van der Waals surface area contributed by atoms with Crippen molar-refractivity contribution >= 4 is 17.2 Å². The zero-order valence-electron chi connectivity index (χ0n) is 16.1. The number of fused-ring (bicyclic) bond motifs is 1. The summed E-state index contributed by atoms with van der Waals surface area (Å²) in [6.45, 7) is 14.0. The van der Waals surface area contributed by atoms with E-state index in [0.29, 0.717) is 28.4 Å². The monoisotopic (exact) mass is 353 g/mol. The quantitative estimate of drug-likeness (QED) is 0.676. The van der Waals surface area contributed by atoms with Gasteiger partial charge in [0.15, 0.2) is 17.2 Å². The SMILES string of the molecule is Cc1n[nH]c2c(N=Nc3[nH]nc(C(C)(C)C)c3C#N)c(C(C)(C)C)nn12. The molecule has 2 N–H and O–H groups in total. The number of aromatic nitrogens is 6. The lowest BCUT2D eigenvalue weighted by Gasteiger charge is -2.15. The minimum atomic E-state index is -0.266. The van der Waals surface area contributed by atoms with Gasteiger partial charge >= 0.3 is 0 Å². The van der Waals surface area contributed by atoms with Gasteiger partial charge in [0.25, 0.3) is 0 Å². The molecule has 0 unspecified atom stereocenters. The molecule has 3 aromatic rings. The van der Waals surface area contributed by atoms with E-state index in [-0.39, 0.29) is 10.8 Å². The number of aryl methyl sites for hydroxylation is 1. The Morgan fingerprint density at radius 1 is 0.962 bits per heavy atom. The van der Waals surface area contributed by atoms with Crippen LogP contribution in [0.2, 0.25) is 0 Å². The molecule has 0 saturated carbocycles. The molecule has 0 aromatic carbocycles. The molecule has 0 atom stereocenters. The number of nitrogens with one attached hydrogen (secondary N) is 2. The number of hydrogen-bond acceptors (Lipinski definition) is 6. The zero-order valence-corrected chi connectivity index (χ0v) is 16.1. The van der Waals surface area contributed by atoms with Crippen LogP contribution in [0.4, 0.5) is 11.5 Å². The molecule has 3 rings (SSSR count). The smallest absolute Gasteiger partial charge is 0.188 e. The van der Waals surface area contributed by atoms with Gasteiger partial charge in [-0.2, -0.15) is 25.1 Å².